The zero-order valence-corrected chi connectivity index (χ0v) is 16.0. The van der Waals surface area contributed by atoms with Crippen molar-refractivity contribution < 1.29 is 13.7 Å². The molecular formula is C20H25F2N4S+. The van der Waals surface area contributed by atoms with Crippen molar-refractivity contribution in [3.8, 4) is 0 Å². The van der Waals surface area contributed by atoms with Gasteiger partial charge in [-0.3, -0.25) is 0 Å². The minimum Gasteiger partial charge on any atom is -0.362 e. The Hall–Kier alpha value is -2.25. The summed E-state index contributed by atoms with van der Waals surface area (Å²) in [5, 5.41) is 6.80. The predicted molar refractivity (Wildman–Crippen MR) is 109 cm³/mol. The molecule has 0 unspecified atom stereocenters. The van der Waals surface area contributed by atoms with Crippen LogP contribution in [0.2, 0.25) is 0 Å². The molecule has 7 heteroatoms. The van der Waals surface area contributed by atoms with Gasteiger partial charge >= 0.3 is 0 Å². The Morgan fingerprint density at radius 3 is 2.19 bits per heavy atom. The van der Waals surface area contributed by atoms with Crippen molar-refractivity contribution >= 4 is 28.7 Å². The van der Waals surface area contributed by atoms with E-state index in [0.717, 1.165) is 57.1 Å². The first kappa shape index (κ1) is 19.5. The highest BCUT2D eigenvalue weighted by atomic mass is 32.1. The van der Waals surface area contributed by atoms with E-state index in [0.29, 0.717) is 5.11 Å². The normalized spacial score (nSPS) is 14.8. The Morgan fingerprint density at radius 2 is 1.56 bits per heavy atom. The number of nitrogens with zero attached hydrogens (tertiary/aromatic N) is 1. The third-order valence-electron chi connectivity index (χ3n) is 4.76. The van der Waals surface area contributed by atoms with E-state index in [9.17, 15) is 8.78 Å². The van der Waals surface area contributed by atoms with Crippen LogP contribution in [-0.2, 0) is 0 Å². The fraction of sp³-hybridized carbons (Fsp3) is 0.350. The smallest absolute Gasteiger partial charge is 0.170 e. The summed E-state index contributed by atoms with van der Waals surface area (Å²) in [4.78, 5) is 3.88. The van der Waals surface area contributed by atoms with Crippen LogP contribution in [0.3, 0.4) is 0 Å². The number of halogens is 2. The quantitative estimate of drug-likeness (QED) is 0.520. The fourth-order valence-electron chi connectivity index (χ4n) is 3.23. The number of hydrogen-bond acceptors (Lipinski definition) is 2. The largest absolute Gasteiger partial charge is 0.362 e. The van der Waals surface area contributed by atoms with Gasteiger partial charge in [0.2, 0.25) is 0 Å². The lowest BCUT2D eigenvalue weighted by molar-refractivity contribution is -0.900. The lowest BCUT2D eigenvalue weighted by Gasteiger charge is -2.33. The van der Waals surface area contributed by atoms with Crippen LogP contribution in [0.5, 0.6) is 0 Å². The number of rotatable bonds is 6. The highest BCUT2D eigenvalue weighted by molar-refractivity contribution is 7.80. The lowest BCUT2D eigenvalue weighted by atomic mass is 10.2. The molecule has 4 nitrogen and oxygen atoms in total. The second-order valence-electron chi connectivity index (χ2n) is 6.70. The fourth-order valence-corrected chi connectivity index (χ4v) is 3.45. The minimum absolute atomic E-state index is 0.192. The van der Waals surface area contributed by atoms with Crippen LogP contribution in [0.1, 0.15) is 6.42 Å². The molecule has 0 saturated carbocycles. The molecule has 144 valence electrons. The molecule has 1 heterocycles. The molecule has 2 aromatic rings. The molecule has 0 spiro atoms. The molecule has 0 aliphatic carbocycles. The maximum atomic E-state index is 13.0. The number of hydrogen-bond donors (Lipinski definition) is 3. The Bertz CT molecular complexity index is 729. The molecule has 2 aromatic carbocycles. The minimum atomic E-state index is -0.262. The van der Waals surface area contributed by atoms with Crippen LogP contribution in [0.4, 0.5) is 20.2 Å². The van der Waals surface area contributed by atoms with E-state index >= 15 is 0 Å². The molecular weight excluding hydrogens is 366 g/mol. The number of piperazine rings is 1. The van der Waals surface area contributed by atoms with Crippen molar-refractivity contribution in [3.63, 3.8) is 0 Å². The van der Waals surface area contributed by atoms with Gasteiger partial charge in [0.15, 0.2) is 5.11 Å². The van der Waals surface area contributed by atoms with Gasteiger partial charge in [0.25, 0.3) is 0 Å². The number of anilines is 2. The van der Waals surface area contributed by atoms with E-state index < -0.39 is 0 Å². The third-order valence-corrected chi connectivity index (χ3v) is 5.00. The molecule has 0 aromatic heterocycles. The van der Waals surface area contributed by atoms with Gasteiger partial charge in [-0.2, -0.15) is 0 Å². The number of nitrogens with one attached hydrogen (secondary N) is 3. The van der Waals surface area contributed by atoms with Gasteiger partial charge in [-0.25, -0.2) is 8.78 Å². The van der Waals surface area contributed by atoms with Crippen molar-refractivity contribution in [1.82, 2.24) is 5.32 Å². The van der Waals surface area contributed by atoms with Crippen LogP contribution in [0, 0.1) is 11.6 Å². The molecule has 1 fully saturated rings. The monoisotopic (exact) mass is 391 g/mol. The Morgan fingerprint density at radius 1 is 0.963 bits per heavy atom. The number of thiocarbonyl (C=S) groups is 1. The maximum Gasteiger partial charge on any atom is 0.170 e. The Labute approximate surface area is 164 Å². The van der Waals surface area contributed by atoms with E-state index in [2.05, 4.69) is 15.5 Å². The van der Waals surface area contributed by atoms with Gasteiger partial charge in [-0.15, -0.1) is 0 Å². The molecule has 0 amide bonds. The van der Waals surface area contributed by atoms with E-state index in [1.54, 1.807) is 17.0 Å². The average molecular weight is 392 g/mol. The van der Waals surface area contributed by atoms with Crippen molar-refractivity contribution in [3.05, 3.63) is 60.2 Å². The van der Waals surface area contributed by atoms with Crippen molar-refractivity contribution in [1.29, 1.82) is 0 Å². The van der Waals surface area contributed by atoms with Gasteiger partial charge in [-0.1, -0.05) is 0 Å². The molecule has 3 N–H and O–H groups in total. The van der Waals surface area contributed by atoms with Gasteiger partial charge in [0.1, 0.15) is 11.6 Å². The topological polar surface area (TPSA) is 31.7 Å². The third kappa shape index (κ3) is 6.15. The van der Waals surface area contributed by atoms with Gasteiger partial charge < -0.3 is 20.4 Å². The lowest BCUT2D eigenvalue weighted by Crippen LogP contribution is -3.15. The first-order valence-electron chi connectivity index (χ1n) is 9.25. The second-order valence-corrected chi connectivity index (χ2v) is 7.11. The van der Waals surface area contributed by atoms with Crippen molar-refractivity contribution in [2.75, 3.05) is 49.5 Å². The molecule has 0 radical (unpaired) electrons. The summed E-state index contributed by atoms with van der Waals surface area (Å²) in [5.74, 6) is -0.454. The van der Waals surface area contributed by atoms with Crippen molar-refractivity contribution in [2.24, 2.45) is 0 Å². The van der Waals surface area contributed by atoms with Crippen LogP contribution in [-0.4, -0.2) is 44.4 Å². The summed E-state index contributed by atoms with van der Waals surface area (Å²) in [7, 11) is 0. The van der Waals surface area contributed by atoms with Crippen LogP contribution < -0.4 is 20.4 Å². The van der Waals surface area contributed by atoms with E-state index in [1.807, 2.05) is 12.1 Å². The summed E-state index contributed by atoms with van der Waals surface area (Å²) >= 11 is 5.26. The molecule has 27 heavy (non-hydrogen) atoms. The van der Waals surface area contributed by atoms with E-state index in [1.165, 1.54) is 24.3 Å². The summed E-state index contributed by atoms with van der Waals surface area (Å²) in [5.41, 5.74) is 1.87. The molecule has 3 rings (SSSR count). The summed E-state index contributed by atoms with van der Waals surface area (Å²) in [6, 6.07) is 12.9. The van der Waals surface area contributed by atoms with Gasteiger partial charge in [0.05, 0.1) is 32.7 Å². The van der Waals surface area contributed by atoms with Crippen molar-refractivity contribution in [2.45, 2.75) is 6.42 Å². The van der Waals surface area contributed by atoms with Gasteiger partial charge in [-0.05, 0) is 60.7 Å². The first-order valence-corrected chi connectivity index (χ1v) is 9.65. The van der Waals surface area contributed by atoms with Crippen LogP contribution in [0.15, 0.2) is 48.5 Å². The highest BCUT2D eigenvalue weighted by Gasteiger charge is 2.19. The predicted octanol–water partition coefficient (Wildman–Crippen LogP) is 2.05. The standard InChI is InChI=1S/C20H24F2N4S/c21-16-2-6-18(7-3-16)24-20(27)23-10-1-11-25-12-14-26(15-13-25)19-8-4-17(22)5-9-19/h2-9H,1,10-15H2,(H2,23,24,27)/p+1. The number of quaternary nitrogens is 1. The summed E-state index contributed by atoms with van der Waals surface area (Å²) < 4.78 is 25.9. The zero-order valence-electron chi connectivity index (χ0n) is 15.2. The second kappa shape index (κ2) is 9.62. The van der Waals surface area contributed by atoms with Crippen LogP contribution in [0.25, 0.3) is 0 Å². The van der Waals surface area contributed by atoms with E-state index in [4.69, 9.17) is 12.2 Å². The molecule has 1 aliphatic heterocycles. The molecule has 0 atom stereocenters. The molecule has 0 bridgehead atoms. The maximum absolute atomic E-state index is 13.0. The number of benzene rings is 2. The Balaban J connectivity index is 1.30. The zero-order chi connectivity index (χ0) is 19.1. The first-order chi connectivity index (χ1) is 13.1. The van der Waals surface area contributed by atoms with Crippen LogP contribution >= 0.6 is 12.2 Å². The summed E-state index contributed by atoms with van der Waals surface area (Å²) in [6.45, 7) is 6.02. The summed E-state index contributed by atoms with van der Waals surface area (Å²) in [6.07, 6.45) is 1.02. The Kier molecular flexibility index (Phi) is 6.95. The van der Waals surface area contributed by atoms with Gasteiger partial charge in [0, 0.05) is 24.3 Å². The molecule has 1 saturated heterocycles. The average Bonchev–Trinajstić information content (AvgIpc) is 2.68. The highest BCUT2D eigenvalue weighted by Crippen LogP contribution is 2.14. The van der Waals surface area contributed by atoms with E-state index in [-0.39, 0.29) is 11.6 Å². The SMILES string of the molecule is Fc1ccc(NC(=S)NCCC[NH+]2CCN(c3ccc(F)cc3)CC2)cc1. The molecule has 1 aliphatic rings.